The first-order valence-electron chi connectivity index (χ1n) is 16.1. The van der Waals surface area contributed by atoms with Gasteiger partial charge in [-0.25, -0.2) is 4.39 Å². The van der Waals surface area contributed by atoms with E-state index in [4.69, 9.17) is 20.7 Å². The Morgan fingerprint density at radius 1 is 0.878 bits per heavy atom. The van der Waals surface area contributed by atoms with E-state index < -0.39 is 21.8 Å². The molecule has 0 aliphatic carbocycles. The monoisotopic (exact) mass is 704 g/mol. The number of halogens is 2. The predicted octanol–water partition coefficient (Wildman–Crippen LogP) is 9.20. The fourth-order valence-corrected chi connectivity index (χ4v) is 5.86. The Bertz CT molecular complexity index is 1950. The van der Waals surface area contributed by atoms with Crippen LogP contribution in [0.3, 0.4) is 0 Å². The smallest absolute Gasteiger partial charge is 0.266 e. The maximum absolute atomic E-state index is 13.6. The van der Waals surface area contributed by atoms with Gasteiger partial charge in [0.05, 0.1) is 11.4 Å². The van der Waals surface area contributed by atoms with Crippen LogP contribution in [0.4, 0.5) is 4.39 Å². The molecule has 1 amide bonds. The van der Waals surface area contributed by atoms with Gasteiger partial charge in [0.15, 0.2) is 5.76 Å². The molecule has 4 aromatic carbocycles. The summed E-state index contributed by atoms with van der Waals surface area (Å²) in [5, 5.41) is 7.02. The molecule has 0 aliphatic heterocycles. The van der Waals surface area contributed by atoms with Gasteiger partial charge < -0.3 is 9.84 Å². The molecule has 10 heteroatoms. The minimum Gasteiger partial charge on any atom is -0.356 e. The molecule has 5 rings (SSSR count). The molecule has 0 aliphatic rings. The number of benzene rings is 4. The summed E-state index contributed by atoms with van der Waals surface area (Å²) >= 11 is 6.25. The second kappa shape index (κ2) is 16.4. The zero-order chi connectivity index (χ0) is 35.8. The Morgan fingerprint density at radius 3 is 2.10 bits per heavy atom. The molecule has 0 saturated carbocycles. The molecule has 258 valence electrons. The van der Waals surface area contributed by atoms with E-state index in [0.29, 0.717) is 23.6 Å². The molecule has 1 aromatic heterocycles. The summed E-state index contributed by atoms with van der Waals surface area (Å²) in [6.07, 6.45) is 0.564. The van der Waals surface area contributed by atoms with E-state index in [0.717, 1.165) is 39.1 Å². The number of rotatable bonds is 11. The standard InChI is InChI=1S/C37H36ClFN2O5S.C2H6/c1-37(2,3)31-12-8-27(9-13-31)33(20-24-4-6-28(7-5-24)36(42)40-16-17-47(43,44)45)34-22-35(46-41-34)30-19-25(23-38)18-29(21-30)26-10-14-32(39)15-11-26;1-2/h4-15,18-19,21-22,33H,16-17,20,23H2,1-3H3,(H,40,42)(H,43,44,45);1-2H3. The molecule has 0 saturated heterocycles. The molecule has 5 aromatic rings. The number of nitrogens with zero attached hydrogens (tertiary/aromatic N) is 1. The van der Waals surface area contributed by atoms with Gasteiger partial charge in [0.1, 0.15) is 5.82 Å². The van der Waals surface area contributed by atoms with Crippen LogP contribution in [0.15, 0.2) is 102 Å². The van der Waals surface area contributed by atoms with E-state index in [1.54, 1.807) is 24.3 Å². The lowest BCUT2D eigenvalue weighted by Crippen LogP contribution is -2.28. The molecule has 1 atom stereocenters. The van der Waals surface area contributed by atoms with Gasteiger partial charge in [-0.1, -0.05) is 88.3 Å². The zero-order valence-electron chi connectivity index (χ0n) is 28.3. The normalized spacial score (nSPS) is 12.2. The average Bonchev–Trinajstić information content (AvgIpc) is 3.58. The lowest BCUT2D eigenvalue weighted by molar-refractivity contribution is 0.0956. The number of amides is 1. The molecular weight excluding hydrogens is 663 g/mol. The van der Waals surface area contributed by atoms with E-state index in [-0.39, 0.29) is 23.7 Å². The third-order valence-corrected chi connectivity index (χ3v) is 9.00. The van der Waals surface area contributed by atoms with E-state index >= 15 is 0 Å². The second-order valence-corrected chi connectivity index (χ2v) is 14.4. The molecule has 0 radical (unpaired) electrons. The summed E-state index contributed by atoms with van der Waals surface area (Å²) in [6, 6.07) is 29.7. The fraction of sp³-hybridized carbons (Fsp3) is 0.282. The number of alkyl halides is 1. The van der Waals surface area contributed by atoms with Crippen molar-refractivity contribution in [2.75, 3.05) is 12.3 Å². The van der Waals surface area contributed by atoms with Gasteiger partial charge in [0.2, 0.25) is 0 Å². The van der Waals surface area contributed by atoms with Crippen LogP contribution < -0.4 is 5.32 Å². The Morgan fingerprint density at radius 2 is 1.51 bits per heavy atom. The van der Waals surface area contributed by atoms with E-state index in [1.807, 2.05) is 50.2 Å². The first-order valence-corrected chi connectivity index (χ1v) is 18.3. The Hall–Kier alpha value is -4.31. The lowest BCUT2D eigenvalue weighted by atomic mass is 9.83. The van der Waals surface area contributed by atoms with Crippen molar-refractivity contribution in [1.29, 1.82) is 0 Å². The highest BCUT2D eigenvalue weighted by Crippen LogP contribution is 2.35. The minimum absolute atomic E-state index is 0.0114. The molecule has 0 bridgehead atoms. The molecule has 0 fully saturated rings. The molecule has 1 heterocycles. The number of carbonyl (C=O) groups excluding carboxylic acids is 1. The molecule has 49 heavy (non-hydrogen) atoms. The van der Waals surface area contributed by atoms with Gasteiger partial charge in [-0.3, -0.25) is 9.35 Å². The predicted molar refractivity (Wildman–Crippen MR) is 194 cm³/mol. The first kappa shape index (κ1) is 37.5. The molecule has 0 spiro atoms. The van der Waals surface area contributed by atoms with Gasteiger partial charge in [-0.05, 0) is 87.7 Å². The highest BCUT2D eigenvalue weighted by atomic mass is 35.5. The third kappa shape index (κ3) is 10.3. The highest BCUT2D eigenvalue weighted by Gasteiger charge is 2.22. The highest BCUT2D eigenvalue weighted by molar-refractivity contribution is 7.85. The largest absolute Gasteiger partial charge is 0.356 e. The van der Waals surface area contributed by atoms with Gasteiger partial charge in [-0.2, -0.15) is 8.42 Å². The van der Waals surface area contributed by atoms with Crippen LogP contribution in [0.25, 0.3) is 22.5 Å². The summed E-state index contributed by atoms with van der Waals surface area (Å²) in [7, 11) is -4.17. The SMILES string of the molecule is CC.CC(C)(C)c1ccc(C(Cc2ccc(C(=O)NCCS(=O)(=O)O)cc2)c2cc(-c3cc(CCl)cc(-c4ccc(F)cc4)c3)on2)cc1. The van der Waals surface area contributed by atoms with Gasteiger partial charge >= 0.3 is 0 Å². The van der Waals surface area contributed by atoms with Crippen LogP contribution in [0.2, 0.25) is 0 Å². The number of aromatic nitrogens is 1. The summed E-state index contributed by atoms with van der Waals surface area (Å²) in [5.74, 6) is -0.615. The molecule has 1 unspecified atom stereocenters. The maximum atomic E-state index is 13.6. The van der Waals surface area contributed by atoms with Crippen LogP contribution >= 0.6 is 11.6 Å². The Balaban J connectivity index is 0.00000265. The summed E-state index contributed by atoms with van der Waals surface area (Å²) in [6.45, 7) is 10.3. The zero-order valence-corrected chi connectivity index (χ0v) is 29.9. The van der Waals surface area contributed by atoms with E-state index in [2.05, 4.69) is 55.5 Å². The van der Waals surface area contributed by atoms with Gasteiger partial charge in [0, 0.05) is 35.5 Å². The molecule has 7 nitrogen and oxygen atoms in total. The molecular formula is C39H42ClFN2O5S. The second-order valence-electron chi connectivity index (χ2n) is 12.5. The Kier molecular flexibility index (Phi) is 12.5. The van der Waals surface area contributed by atoms with Crippen LogP contribution in [0.1, 0.15) is 78.8 Å². The van der Waals surface area contributed by atoms with Gasteiger partial charge in [0.25, 0.3) is 16.0 Å². The van der Waals surface area contributed by atoms with Crippen LogP contribution in [0.5, 0.6) is 0 Å². The van der Waals surface area contributed by atoms with Crippen LogP contribution in [-0.2, 0) is 27.8 Å². The number of hydrogen-bond donors (Lipinski definition) is 2. The van der Waals surface area contributed by atoms with Crippen molar-refractivity contribution < 1.29 is 26.7 Å². The number of nitrogens with one attached hydrogen (secondary N) is 1. The van der Waals surface area contributed by atoms with Crippen molar-refractivity contribution in [3.05, 3.63) is 136 Å². The summed E-state index contributed by atoms with van der Waals surface area (Å²) in [4.78, 5) is 12.5. The van der Waals surface area contributed by atoms with Crippen molar-refractivity contribution in [3.8, 4) is 22.5 Å². The summed E-state index contributed by atoms with van der Waals surface area (Å²) < 4.78 is 50.4. The first-order chi connectivity index (χ1) is 23.3. The summed E-state index contributed by atoms with van der Waals surface area (Å²) in [5.41, 5.74) is 7.72. The van der Waals surface area contributed by atoms with Crippen molar-refractivity contribution >= 4 is 27.6 Å². The van der Waals surface area contributed by atoms with Crippen LogP contribution in [-0.4, -0.2) is 36.3 Å². The van der Waals surface area contributed by atoms with Crippen molar-refractivity contribution in [1.82, 2.24) is 10.5 Å². The van der Waals surface area contributed by atoms with Gasteiger partial charge in [-0.15, -0.1) is 11.6 Å². The lowest BCUT2D eigenvalue weighted by Gasteiger charge is -2.21. The fourth-order valence-electron chi connectivity index (χ4n) is 5.34. The number of carbonyl (C=O) groups is 1. The van der Waals surface area contributed by atoms with E-state index in [1.165, 1.54) is 17.7 Å². The third-order valence-electron chi connectivity index (χ3n) is 7.98. The Labute approximate surface area is 293 Å². The van der Waals surface area contributed by atoms with Crippen molar-refractivity contribution in [2.45, 2.75) is 58.3 Å². The van der Waals surface area contributed by atoms with Crippen molar-refractivity contribution in [2.24, 2.45) is 0 Å². The average molecular weight is 705 g/mol. The van der Waals surface area contributed by atoms with Crippen molar-refractivity contribution in [3.63, 3.8) is 0 Å². The topological polar surface area (TPSA) is 110 Å². The van der Waals surface area contributed by atoms with Crippen LogP contribution in [0, 0.1) is 5.82 Å². The maximum Gasteiger partial charge on any atom is 0.266 e. The quantitative estimate of drug-likeness (QED) is 0.105. The minimum atomic E-state index is -4.17. The molecule has 2 N–H and O–H groups in total. The number of hydrogen-bond acceptors (Lipinski definition) is 5. The van der Waals surface area contributed by atoms with E-state index in [9.17, 15) is 17.6 Å².